The van der Waals surface area contributed by atoms with Crippen LogP contribution in [0.25, 0.3) is 0 Å². The summed E-state index contributed by atoms with van der Waals surface area (Å²) >= 11 is 15.0. The maximum atomic E-state index is 11.7. The molecule has 0 aliphatic heterocycles. The molecule has 2 aromatic rings. The Morgan fingerprint density at radius 2 is 2.04 bits per heavy atom. The van der Waals surface area contributed by atoms with E-state index in [9.17, 15) is 9.90 Å². The molecule has 2 N–H and O–H groups in total. The zero-order chi connectivity index (χ0) is 18.4. The number of phenols is 1. The van der Waals surface area contributed by atoms with E-state index in [-0.39, 0.29) is 12.4 Å². The highest BCUT2D eigenvalue weighted by atomic mass is 79.9. The normalized spacial score (nSPS) is 10.7. The second-order valence-corrected chi connectivity index (χ2v) is 6.31. The molecule has 0 saturated heterocycles. The minimum atomic E-state index is -0.476. The molecule has 0 atom stereocenters. The second-order valence-electron chi connectivity index (χ2n) is 4.68. The van der Waals surface area contributed by atoms with Gasteiger partial charge < -0.3 is 14.6 Å². The average molecular weight is 448 g/mol. The molecule has 6 nitrogen and oxygen atoms in total. The number of nitrogens with one attached hydrogen (secondary N) is 1. The lowest BCUT2D eigenvalue weighted by Gasteiger charge is -2.08. The predicted octanol–water partition coefficient (Wildman–Crippen LogP) is 4.00. The van der Waals surface area contributed by atoms with Crippen molar-refractivity contribution in [2.45, 2.75) is 0 Å². The van der Waals surface area contributed by atoms with Crippen molar-refractivity contribution in [1.82, 2.24) is 5.43 Å². The molecule has 0 saturated carbocycles. The van der Waals surface area contributed by atoms with Crippen molar-refractivity contribution in [2.24, 2.45) is 5.10 Å². The Hall–Kier alpha value is -1.96. The first-order valence-electron chi connectivity index (χ1n) is 6.87. The molecule has 0 aliphatic rings. The summed E-state index contributed by atoms with van der Waals surface area (Å²) < 4.78 is 10.7. The minimum Gasteiger partial charge on any atom is -0.503 e. The highest BCUT2D eigenvalue weighted by Crippen LogP contribution is 2.35. The van der Waals surface area contributed by atoms with Crippen LogP contribution in [0.3, 0.4) is 0 Å². The topological polar surface area (TPSA) is 80.2 Å². The van der Waals surface area contributed by atoms with Gasteiger partial charge in [-0.1, -0.05) is 23.2 Å². The van der Waals surface area contributed by atoms with Gasteiger partial charge in [0.25, 0.3) is 5.91 Å². The molecule has 1 amide bonds. The first kappa shape index (κ1) is 19.4. The van der Waals surface area contributed by atoms with Crippen LogP contribution in [0.5, 0.6) is 17.2 Å². The van der Waals surface area contributed by atoms with Gasteiger partial charge in [-0.15, -0.1) is 0 Å². The highest BCUT2D eigenvalue weighted by molar-refractivity contribution is 9.10. The van der Waals surface area contributed by atoms with Gasteiger partial charge in [0.05, 0.1) is 22.8 Å². The molecule has 0 heterocycles. The van der Waals surface area contributed by atoms with Crippen LogP contribution in [-0.2, 0) is 4.79 Å². The number of halogens is 3. The van der Waals surface area contributed by atoms with Crippen LogP contribution < -0.4 is 14.9 Å². The Morgan fingerprint density at radius 3 is 2.72 bits per heavy atom. The first-order valence-corrected chi connectivity index (χ1v) is 8.42. The largest absolute Gasteiger partial charge is 0.503 e. The maximum Gasteiger partial charge on any atom is 0.277 e. The van der Waals surface area contributed by atoms with E-state index in [1.165, 1.54) is 19.4 Å². The summed E-state index contributed by atoms with van der Waals surface area (Å²) in [4.78, 5) is 11.7. The number of amides is 1. The van der Waals surface area contributed by atoms with Crippen molar-refractivity contribution in [1.29, 1.82) is 0 Å². The molecule has 0 aliphatic carbocycles. The lowest BCUT2D eigenvalue weighted by molar-refractivity contribution is -0.123. The Morgan fingerprint density at radius 1 is 1.32 bits per heavy atom. The molecule has 0 aromatic heterocycles. The van der Waals surface area contributed by atoms with Gasteiger partial charge in [0.2, 0.25) is 0 Å². The number of methoxy groups -OCH3 is 1. The number of phenolic OH excluding ortho intramolecular Hbond substituents is 1. The molecule has 9 heteroatoms. The fourth-order valence-electron chi connectivity index (χ4n) is 1.77. The fourth-order valence-corrected chi connectivity index (χ4v) is 2.66. The Labute approximate surface area is 162 Å². The Balaban J connectivity index is 1.91. The minimum absolute atomic E-state index is 0.0570. The van der Waals surface area contributed by atoms with Crippen LogP contribution in [0, 0.1) is 0 Å². The standard InChI is InChI=1S/C16H13BrCl2N2O4/c1-24-13-4-2-9(15(17)16(13)23)7-20-21-14(22)8-25-12-5-3-10(18)6-11(12)19/h2-7,23H,8H2,1H3,(H,21,22)/b20-7+. The summed E-state index contributed by atoms with van der Waals surface area (Å²) in [5.74, 6) is 0.129. The smallest absolute Gasteiger partial charge is 0.277 e. The van der Waals surface area contributed by atoms with E-state index < -0.39 is 5.91 Å². The number of carbonyl (C=O) groups excluding carboxylic acids is 1. The number of hydrogen-bond acceptors (Lipinski definition) is 5. The van der Waals surface area contributed by atoms with Gasteiger partial charge in [-0.05, 0) is 46.3 Å². The van der Waals surface area contributed by atoms with Crippen LogP contribution in [0.2, 0.25) is 10.0 Å². The molecule has 25 heavy (non-hydrogen) atoms. The van der Waals surface area contributed by atoms with Gasteiger partial charge >= 0.3 is 0 Å². The molecule has 132 valence electrons. The number of benzene rings is 2. The molecule has 0 fully saturated rings. The molecule has 0 bridgehead atoms. The number of ether oxygens (including phenoxy) is 2. The Kier molecular flexibility index (Phi) is 6.92. The lowest BCUT2D eigenvalue weighted by Crippen LogP contribution is -2.24. The zero-order valence-electron chi connectivity index (χ0n) is 12.9. The van der Waals surface area contributed by atoms with E-state index >= 15 is 0 Å². The molecule has 0 unspecified atom stereocenters. The average Bonchev–Trinajstić information content (AvgIpc) is 2.58. The summed E-state index contributed by atoms with van der Waals surface area (Å²) in [6.07, 6.45) is 1.37. The fraction of sp³-hybridized carbons (Fsp3) is 0.125. The lowest BCUT2D eigenvalue weighted by atomic mass is 10.2. The van der Waals surface area contributed by atoms with Gasteiger partial charge in [0.15, 0.2) is 18.1 Å². The van der Waals surface area contributed by atoms with E-state index in [1.807, 2.05) is 0 Å². The highest BCUT2D eigenvalue weighted by Gasteiger charge is 2.10. The molecule has 0 spiro atoms. The second kappa shape index (κ2) is 8.94. The van der Waals surface area contributed by atoms with E-state index in [4.69, 9.17) is 32.7 Å². The molecular formula is C16H13BrCl2N2O4. The monoisotopic (exact) mass is 446 g/mol. The maximum absolute atomic E-state index is 11.7. The van der Waals surface area contributed by atoms with Crippen molar-refractivity contribution < 1.29 is 19.4 Å². The molecule has 0 radical (unpaired) electrons. The van der Waals surface area contributed by atoms with Crippen molar-refractivity contribution >= 4 is 51.3 Å². The van der Waals surface area contributed by atoms with Crippen LogP contribution in [-0.4, -0.2) is 30.9 Å². The van der Waals surface area contributed by atoms with Gasteiger partial charge in [-0.2, -0.15) is 5.10 Å². The van der Waals surface area contributed by atoms with E-state index in [1.54, 1.807) is 24.3 Å². The number of aromatic hydroxyl groups is 1. The van der Waals surface area contributed by atoms with Crippen LogP contribution in [0.4, 0.5) is 0 Å². The van der Waals surface area contributed by atoms with Gasteiger partial charge in [0.1, 0.15) is 5.75 Å². The zero-order valence-corrected chi connectivity index (χ0v) is 16.0. The first-order chi connectivity index (χ1) is 11.9. The van der Waals surface area contributed by atoms with Crippen molar-refractivity contribution in [2.75, 3.05) is 13.7 Å². The van der Waals surface area contributed by atoms with E-state index in [2.05, 4.69) is 26.5 Å². The van der Waals surface area contributed by atoms with Crippen molar-refractivity contribution in [3.63, 3.8) is 0 Å². The molecule has 2 aromatic carbocycles. The summed E-state index contributed by atoms with van der Waals surface area (Å²) in [6, 6.07) is 7.93. The van der Waals surface area contributed by atoms with E-state index in [0.29, 0.717) is 31.6 Å². The number of hydrogen-bond donors (Lipinski definition) is 2. The summed E-state index contributed by atoms with van der Waals surface area (Å²) in [7, 11) is 1.45. The quantitative estimate of drug-likeness (QED) is 0.518. The van der Waals surface area contributed by atoms with Gasteiger partial charge in [-0.25, -0.2) is 5.43 Å². The third kappa shape index (κ3) is 5.26. The Bertz CT molecular complexity index is 815. The number of nitrogens with zero attached hydrogens (tertiary/aromatic N) is 1. The third-order valence-corrected chi connectivity index (χ3v) is 4.34. The van der Waals surface area contributed by atoms with Crippen molar-refractivity contribution in [3.8, 4) is 17.2 Å². The van der Waals surface area contributed by atoms with Crippen molar-refractivity contribution in [3.05, 3.63) is 50.4 Å². The number of rotatable bonds is 6. The summed E-state index contributed by atoms with van der Waals surface area (Å²) in [5, 5.41) is 14.5. The number of carbonyl (C=O) groups is 1. The van der Waals surface area contributed by atoms with E-state index in [0.717, 1.165) is 0 Å². The predicted molar refractivity (Wildman–Crippen MR) is 100 cm³/mol. The summed E-state index contributed by atoms with van der Waals surface area (Å²) in [6.45, 7) is -0.270. The SMILES string of the molecule is COc1ccc(/C=N/NC(=O)COc2ccc(Cl)cc2Cl)c(Br)c1O. The van der Waals surface area contributed by atoms with Crippen LogP contribution in [0.1, 0.15) is 5.56 Å². The van der Waals surface area contributed by atoms with Gasteiger partial charge in [0, 0.05) is 10.6 Å². The van der Waals surface area contributed by atoms with Gasteiger partial charge in [-0.3, -0.25) is 4.79 Å². The molecule has 2 rings (SSSR count). The summed E-state index contributed by atoms with van der Waals surface area (Å²) in [5.41, 5.74) is 2.87. The van der Waals surface area contributed by atoms with Crippen LogP contribution in [0.15, 0.2) is 39.9 Å². The molecular weight excluding hydrogens is 435 g/mol. The van der Waals surface area contributed by atoms with Crippen LogP contribution >= 0.6 is 39.1 Å². The third-order valence-electron chi connectivity index (χ3n) is 2.97. The number of hydrazone groups is 1.